The van der Waals surface area contributed by atoms with Gasteiger partial charge in [0.2, 0.25) is 0 Å². The molecule has 0 radical (unpaired) electrons. The average Bonchev–Trinajstić information content (AvgIpc) is 3.40. The molecule has 0 N–H and O–H groups in total. The number of carbonyl (C=O) groups is 2. The maximum atomic E-state index is 13.9. The number of thiazole rings is 1. The van der Waals surface area contributed by atoms with E-state index in [1.807, 2.05) is 30.5 Å². The Labute approximate surface area is 233 Å². The van der Waals surface area contributed by atoms with Gasteiger partial charge in [-0.25, -0.2) is 9.79 Å². The summed E-state index contributed by atoms with van der Waals surface area (Å²) in [5.74, 6) is -0.896. The summed E-state index contributed by atoms with van der Waals surface area (Å²) in [6.07, 6.45) is 3.28. The predicted octanol–water partition coefficient (Wildman–Crippen LogP) is 3.97. The lowest BCUT2D eigenvalue weighted by Crippen LogP contribution is -2.40. The quantitative estimate of drug-likeness (QED) is 0.331. The number of nitrogens with zero attached hydrogens (tertiary/aromatic N) is 3. The highest BCUT2D eigenvalue weighted by Gasteiger charge is 2.33. The standard InChI is InChI=1S/C29H26ClN3O5S/c1-16(2)38-28(36)25-17(3)31-29-33(26(25)18-9-11-20(30)12-10-18)27(35)23(39-29)13-19-14-32(15-24(34)37-4)22-8-6-5-7-21(19)22/h5-14,16,26H,15H2,1-4H3. The van der Waals surface area contributed by atoms with Crippen LogP contribution in [-0.2, 0) is 25.6 Å². The molecule has 2 aromatic carbocycles. The highest BCUT2D eigenvalue weighted by atomic mass is 35.5. The SMILES string of the molecule is COC(=O)Cn1cc(C=c2sc3n(c2=O)C(c2ccc(Cl)cc2)C(C(=O)OC(C)C)=C(C)N=3)c2ccccc21. The van der Waals surface area contributed by atoms with Gasteiger partial charge in [-0.05, 0) is 50.6 Å². The van der Waals surface area contributed by atoms with Gasteiger partial charge in [0.05, 0.1) is 35.1 Å². The first-order valence-corrected chi connectivity index (χ1v) is 13.5. The highest BCUT2D eigenvalue weighted by molar-refractivity contribution is 7.07. The van der Waals surface area contributed by atoms with E-state index < -0.39 is 12.0 Å². The van der Waals surface area contributed by atoms with E-state index in [0.717, 1.165) is 16.5 Å². The van der Waals surface area contributed by atoms with Crippen LogP contribution in [0.5, 0.6) is 0 Å². The molecule has 8 nitrogen and oxygen atoms in total. The normalized spacial score (nSPS) is 15.4. The van der Waals surface area contributed by atoms with Crippen LogP contribution >= 0.6 is 22.9 Å². The summed E-state index contributed by atoms with van der Waals surface area (Å²) < 4.78 is 14.2. The first-order valence-electron chi connectivity index (χ1n) is 12.3. The fourth-order valence-electron chi connectivity index (χ4n) is 4.69. The van der Waals surface area contributed by atoms with Gasteiger partial charge < -0.3 is 14.0 Å². The molecule has 1 unspecified atom stereocenters. The van der Waals surface area contributed by atoms with Crippen LogP contribution in [0.2, 0.25) is 5.02 Å². The molecule has 200 valence electrons. The minimum Gasteiger partial charge on any atom is -0.468 e. The number of rotatable bonds is 6. The predicted molar refractivity (Wildman–Crippen MR) is 150 cm³/mol. The van der Waals surface area contributed by atoms with Crippen molar-refractivity contribution in [2.75, 3.05) is 7.11 Å². The van der Waals surface area contributed by atoms with Gasteiger partial charge in [0, 0.05) is 27.7 Å². The Morgan fingerprint density at radius 3 is 2.56 bits per heavy atom. The molecule has 4 aromatic rings. The van der Waals surface area contributed by atoms with Crippen molar-refractivity contribution in [1.29, 1.82) is 0 Å². The Hall–Kier alpha value is -3.95. The molecule has 1 atom stereocenters. The van der Waals surface area contributed by atoms with E-state index in [2.05, 4.69) is 4.99 Å². The first kappa shape index (κ1) is 26.6. The van der Waals surface area contributed by atoms with Crippen molar-refractivity contribution in [2.45, 2.75) is 39.5 Å². The van der Waals surface area contributed by atoms with Crippen LogP contribution in [0.1, 0.15) is 37.9 Å². The van der Waals surface area contributed by atoms with Crippen molar-refractivity contribution < 1.29 is 19.1 Å². The third-order valence-electron chi connectivity index (χ3n) is 6.40. The number of fused-ring (bicyclic) bond motifs is 2. The van der Waals surface area contributed by atoms with Gasteiger partial charge in [-0.1, -0.05) is 53.3 Å². The zero-order chi connectivity index (χ0) is 27.8. The summed E-state index contributed by atoms with van der Waals surface area (Å²) in [4.78, 5) is 44.3. The highest BCUT2D eigenvalue weighted by Crippen LogP contribution is 2.31. The van der Waals surface area contributed by atoms with Crippen molar-refractivity contribution in [3.05, 3.63) is 102 Å². The summed E-state index contributed by atoms with van der Waals surface area (Å²) in [6.45, 7) is 5.34. The molecule has 5 rings (SSSR count). The van der Waals surface area contributed by atoms with Gasteiger partial charge in [-0.3, -0.25) is 14.2 Å². The third-order valence-corrected chi connectivity index (χ3v) is 7.64. The zero-order valence-electron chi connectivity index (χ0n) is 21.8. The molecular weight excluding hydrogens is 538 g/mol. The molecule has 0 saturated carbocycles. The Bertz CT molecular complexity index is 1810. The van der Waals surface area contributed by atoms with Gasteiger partial charge in [0.1, 0.15) is 6.54 Å². The van der Waals surface area contributed by atoms with Crippen LogP contribution in [0.3, 0.4) is 0 Å². The van der Waals surface area contributed by atoms with Crippen molar-refractivity contribution in [3.63, 3.8) is 0 Å². The summed E-state index contributed by atoms with van der Waals surface area (Å²) in [7, 11) is 1.35. The van der Waals surface area contributed by atoms with Crippen LogP contribution in [0.25, 0.3) is 17.0 Å². The number of para-hydroxylation sites is 1. The Kier molecular flexibility index (Phi) is 7.29. The Balaban J connectivity index is 1.70. The number of esters is 2. The van der Waals surface area contributed by atoms with E-state index in [-0.39, 0.29) is 24.2 Å². The number of hydrogen-bond acceptors (Lipinski definition) is 7. The van der Waals surface area contributed by atoms with Crippen LogP contribution in [0, 0.1) is 0 Å². The average molecular weight is 564 g/mol. The number of benzene rings is 2. The fraction of sp³-hybridized carbons (Fsp3) is 0.241. The number of halogens is 1. The van der Waals surface area contributed by atoms with Crippen molar-refractivity contribution in [3.8, 4) is 0 Å². The van der Waals surface area contributed by atoms with Gasteiger partial charge >= 0.3 is 11.9 Å². The minimum absolute atomic E-state index is 0.0448. The van der Waals surface area contributed by atoms with E-state index in [1.165, 1.54) is 23.0 Å². The minimum atomic E-state index is -0.729. The van der Waals surface area contributed by atoms with Crippen molar-refractivity contribution in [1.82, 2.24) is 9.13 Å². The number of carbonyl (C=O) groups excluding carboxylic acids is 2. The molecule has 3 heterocycles. The van der Waals surface area contributed by atoms with Crippen LogP contribution in [0.15, 0.2) is 75.8 Å². The second-order valence-electron chi connectivity index (χ2n) is 9.39. The number of aromatic nitrogens is 2. The monoisotopic (exact) mass is 563 g/mol. The first-order chi connectivity index (χ1) is 18.7. The Morgan fingerprint density at radius 2 is 1.87 bits per heavy atom. The molecule has 2 aromatic heterocycles. The van der Waals surface area contributed by atoms with Crippen LogP contribution in [0.4, 0.5) is 0 Å². The third kappa shape index (κ3) is 5.07. The summed E-state index contributed by atoms with van der Waals surface area (Å²) in [5, 5.41) is 1.43. The topological polar surface area (TPSA) is 91.9 Å². The Morgan fingerprint density at radius 1 is 1.15 bits per heavy atom. The van der Waals surface area contributed by atoms with E-state index in [0.29, 0.717) is 31.2 Å². The van der Waals surface area contributed by atoms with Gasteiger partial charge in [0.15, 0.2) is 4.80 Å². The second kappa shape index (κ2) is 10.7. The number of allylic oxidation sites excluding steroid dienone is 1. The number of methoxy groups -OCH3 is 1. The smallest absolute Gasteiger partial charge is 0.338 e. The van der Waals surface area contributed by atoms with Crippen LogP contribution in [-0.4, -0.2) is 34.3 Å². The molecule has 39 heavy (non-hydrogen) atoms. The number of hydrogen-bond donors (Lipinski definition) is 0. The molecular formula is C29H26ClN3O5S. The fourth-order valence-corrected chi connectivity index (χ4v) is 5.85. The van der Waals surface area contributed by atoms with E-state index in [1.54, 1.807) is 55.7 Å². The van der Waals surface area contributed by atoms with Gasteiger partial charge in [-0.15, -0.1) is 0 Å². The lowest BCUT2D eigenvalue weighted by molar-refractivity contribution is -0.143. The molecule has 0 saturated heterocycles. The van der Waals surface area contributed by atoms with Crippen molar-refractivity contribution >= 4 is 51.9 Å². The molecule has 10 heteroatoms. The lowest BCUT2D eigenvalue weighted by atomic mass is 9.96. The molecule has 0 fully saturated rings. The molecule has 0 spiro atoms. The summed E-state index contributed by atoms with van der Waals surface area (Å²) >= 11 is 7.38. The lowest BCUT2D eigenvalue weighted by Gasteiger charge is -2.25. The van der Waals surface area contributed by atoms with Crippen molar-refractivity contribution in [2.24, 2.45) is 4.99 Å². The molecule has 1 aliphatic rings. The van der Waals surface area contributed by atoms with E-state index in [9.17, 15) is 14.4 Å². The molecule has 0 bridgehead atoms. The summed E-state index contributed by atoms with van der Waals surface area (Å²) in [6, 6.07) is 14.0. The maximum Gasteiger partial charge on any atom is 0.338 e. The van der Waals surface area contributed by atoms with Gasteiger partial charge in [0.25, 0.3) is 5.56 Å². The molecule has 1 aliphatic heterocycles. The van der Waals surface area contributed by atoms with Crippen LogP contribution < -0.4 is 14.9 Å². The van der Waals surface area contributed by atoms with E-state index in [4.69, 9.17) is 21.1 Å². The van der Waals surface area contributed by atoms with E-state index >= 15 is 0 Å². The maximum absolute atomic E-state index is 13.9. The largest absolute Gasteiger partial charge is 0.468 e. The second-order valence-corrected chi connectivity index (χ2v) is 10.8. The number of ether oxygens (including phenoxy) is 2. The summed E-state index contributed by atoms with van der Waals surface area (Å²) in [5.41, 5.74) is 2.84. The molecule has 0 aliphatic carbocycles. The zero-order valence-corrected chi connectivity index (χ0v) is 23.4. The molecule has 0 amide bonds. The van der Waals surface area contributed by atoms with Gasteiger partial charge in [-0.2, -0.15) is 0 Å².